The lowest BCUT2D eigenvalue weighted by Crippen LogP contribution is -2.49. The maximum absolute atomic E-state index is 12.5. The molecule has 0 saturated carbocycles. The van der Waals surface area contributed by atoms with Crippen LogP contribution in [0.1, 0.15) is 30.9 Å². The highest BCUT2D eigenvalue weighted by molar-refractivity contribution is 7.88. The molecule has 0 aromatic heterocycles. The average molecular weight is 365 g/mol. The normalized spacial score (nSPS) is 23.2. The van der Waals surface area contributed by atoms with Crippen LogP contribution < -0.4 is 5.32 Å². The summed E-state index contributed by atoms with van der Waals surface area (Å²) in [5.74, 6) is -0.174. The molecule has 7 heteroatoms. The first kappa shape index (κ1) is 18.4. The Hall–Kier alpha value is -1.44. The summed E-state index contributed by atoms with van der Waals surface area (Å²) in [6.45, 7) is 4.96. The maximum atomic E-state index is 12.5. The van der Waals surface area contributed by atoms with Crippen molar-refractivity contribution in [2.24, 2.45) is 0 Å². The predicted octanol–water partition coefficient (Wildman–Crippen LogP) is 0.973. The summed E-state index contributed by atoms with van der Waals surface area (Å²) in [6, 6.07) is 8.14. The molecule has 138 valence electrons. The van der Waals surface area contributed by atoms with E-state index in [4.69, 9.17) is 0 Å². The first-order chi connectivity index (χ1) is 11.9. The van der Waals surface area contributed by atoms with Crippen LogP contribution in [0.15, 0.2) is 24.3 Å². The van der Waals surface area contributed by atoms with Gasteiger partial charge in [-0.25, -0.2) is 8.42 Å². The number of rotatable bonds is 5. The molecule has 0 radical (unpaired) electrons. The number of benzene rings is 1. The van der Waals surface area contributed by atoms with E-state index >= 15 is 0 Å². The van der Waals surface area contributed by atoms with Gasteiger partial charge in [0.15, 0.2) is 0 Å². The molecular weight excluding hydrogens is 338 g/mol. The molecule has 2 heterocycles. The highest BCUT2D eigenvalue weighted by Gasteiger charge is 2.36. The van der Waals surface area contributed by atoms with Crippen molar-refractivity contribution < 1.29 is 13.2 Å². The highest BCUT2D eigenvalue weighted by Crippen LogP contribution is 2.21. The van der Waals surface area contributed by atoms with Crippen LogP contribution >= 0.6 is 0 Å². The Bertz CT molecular complexity index is 735. The molecule has 25 heavy (non-hydrogen) atoms. The third-order valence-electron chi connectivity index (χ3n) is 5.29. The van der Waals surface area contributed by atoms with Crippen molar-refractivity contribution in [2.75, 3.05) is 25.9 Å². The zero-order valence-corrected chi connectivity index (χ0v) is 15.8. The number of sulfonamides is 1. The van der Waals surface area contributed by atoms with Crippen molar-refractivity contribution >= 4 is 15.9 Å². The van der Waals surface area contributed by atoms with Gasteiger partial charge in [0.25, 0.3) is 0 Å². The summed E-state index contributed by atoms with van der Waals surface area (Å²) in [5, 5.41) is 2.96. The van der Waals surface area contributed by atoms with Gasteiger partial charge in [0, 0.05) is 32.2 Å². The highest BCUT2D eigenvalue weighted by atomic mass is 32.2. The molecule has 1 fully saturated rings. The molecule has 0 aliphatic carbocycles. The minimum atomic E-state index is -3.33. The smallest absolute Gasteiger partial charge is 0.238 e. The van der Waals surface area contributed by atoms with Gasteiger partial charge in [0.2, 0.25) is 15.9 Å². The molecule has 6 nitrogen and oxygen atoms in total. The van der Waals surface area contributed by atoms with E-state index in [9.17, 15) is 13.2 Å². The molecule has 3 rings (SSSR count). The Morgan fingerprint density at radius 2 is 2.00 bits per heavy atom. The molecule has 1 aromatic rings. The monoisotopic (exact) mass is 365 g/mol. The predicted molar refractivity (Wildman–Crippen MR) is 97.6 cm³/mol. The van der Waals surface area contributed by atoms with E-state index in [2.05, 4.69) is 41.4 Å². The van der Waals surface area contributed by atoms with Crippen LogP contribution in [0.4, 0.5) is 0 Å². The second-order valence-electron chi connectivity index (χ2n) is 7.12. The topological polar surface area (TPSA) is 69.7 Å². The first-order valence-electron chi connectivity index (χ1n) is 8.91. The van der Waals surface area contributed by atoms with Crippen molar-refractivity contribution in [2.45, 2.75) is 44.8 Å². The number of nitrogens with one attached hydrogen (secondary N) is 1. The molecule has 2 atom stereocenters. The quantitative estimate of drug-likeness (QED) is 0.844. The van der Waals surface area contributed by atoms with Gasteiger partial charge in [-0.1, -0.05) is 24.3 Å². The van der Waals surface area contributed by atoms with E-state index in [1.54, 1.807) is 0 Å². The summed E-state index contributed by atoms with van der Waals surface area (Å²) in [5.41, 5.74) is 2.76. The third-order valence-corrected chi connectivity index (χ3v) is 6.58. The van der Waals surface area contributed by atoms with Crippen LogP contribution in [-0.2, 0) is 27.8 Å². The second-order valence-corrected chi connectivity index (χ2v) is 9.05. The summed E-state index contributed by atoms with van der Waals surface area (Å²) in [7, 11) is -3.33. The van der Waals surface area contributed by atoms with Gasteiger partial charge in [-0.3, -0.25) is 9.69 Å². The minimum absolute atomic E-state index is 0.174. The van der Waals surface area contributed by atoms with Crippen LogP contribution in [0.25, 0.3) is 0 Å². The van der Waals surface area contributed by atoms with Crippen LogP contribution in [0, 0.1) is 0 Å². The number of hydrogen-bond donors (Lipinski definition) is 1. The molecule has 0 bridgehead atoms. The summed E-state index contributed by atoms with van der Waals surface area (Å²) < 4.78 is 24.9. The number of carbonyl (C=O) groups excluding carboxylic acids is 1. The Morgan fingerprint density at radius 3 is 2.72 bits per heavy atom. The Labute approximate surface area is 150 Å². The second kappa shape index (κ2) is 7.43. The molecule has 1 N–H and O–H groups in total. The largest absolute Gasteiger partial charge is 0.353 e. The van der Waals surface area contributed by atoms with Gasteiger partial charge in [-0.05, 0) is 37.3 Å². The fraction of sp³-hybridized carbons (Fsp3) is 0.611. The minimum Gasteiger partial charge on any atom is -0.353 e. The first-order valence-corrected chi connectivity index (χ1v) is 10.8. The van der Waals surface area contributed by atoms with Crippen LogP contribution in [-0.4, -0.2) is 61.5 Å². The summed E-state index contributed by atoms with van der Waals surface area (Å²) in [4.78, 5) is 14.8. The fourth-order valence-electron chi connectivity index (χ4n) is 3.79. The van der Waals surface area contributed by atoms with Crippen molar-refractivity contribution in [3.05, 3.63) is 35.4 Å². The molecule has 2 aliphatic heterocycles. The number of nitrogens with zero attached hydrogens (tertiary/aromatic N) is 2. The molecule has 1 amide bonds. The van der Waals surface area contributed by atoms with Crippen LogP contribution in [0.3, 0.4) is 0 Å². The van der Waals surface area contributed by atoms with E-state index in [0.717, 1.165) is 25.9 Å². The number of carbonyl (C=O) groups is 1. The van der Waals surface area contributed by atoms with Gasteiger partial charge in [0.05, 0.1) is 6.26 Å². The van der Waals surface area contributed by atoms with E-state index in [1.165, 1.54) is 21.7 Å². The molecule has 1 aromatic carbocycles. The van der Waals surface area contributed by atoms with E-state index in [1.807, 2.05) is 0 Å². The van der Waals surface area contributed by atoms with Crippen LogP contribution in [0.5, 0.6) is 0 Å². The van der Waals surface area contributed by atoms with Crippen molar-refractivity contribution in [3.63, 3.8) is 0 Å². The van der Waals surface area contributed by atoms with Crippen molar-refractivity contribution in [3.8, 4) is 0 Å². The zero-order chi connectivity index (χ0) is 18.0. The van der Waals surface area contributed by atoms with E-state index in [-0.39, 0.29) is 11.9 Å². The lowest BCUT2D eigenvalue weighted by atomic mass is 9.99. The average Bonchev–Trinajstić information content (AvgIpc) is 3.09. The number of fused-ring (bicyclic) bond motifs is 1. The third kappa shape index (κ3) is 4.22. The number of amides is 1. The zero-order valence-electron chi connectivity index (χ0n) is 14.9. The SMILES string of the molecule is CC(CNC(=O)C1CCCN1S(C)(=O)=O)N1CCc2ccccc2C1. The Kier molecular flexibility index (Phi) is 5.46. The van der Waals surface area contributed by atoms with Gasteiger partial charge in [-0.2, -0.15) is 4.31 Å². The summed E-state index contributed by atoms with van der Waals surface area (Å²) >= 11 is 0. The van der Waals surface area contributed by atoms with Crippen LogP contribution in [0.2, 0.25) is 0 Å². The fourth-order valence-corrected chi connectivity index (χ4v) is 4.91. The van der Waals surface area contributed by atoms with Crippen molar-refractivity contribution in [1.82, 2.24) is 14.5 Å². The van der Waals surface area contributed by atoms with Gasteiger partial charge in [0.1, 0.15) is 6.04 Å². The Balaban J connectivity index is 1.54. The molecule has 1 saturated heterocycles. The van der Waals surface area contributed by atoms with E-state index < -0.39 is 16.1 Å². The maximum Gasteiger partial charge on any atom is 0.238 e. The van der Waals surface area contributed by atoms with E-state index in [0.29, 0.717) is 19.5 Å². The summed E-state index contributed by atoms with van der Waals surface area (Å²) in [6.07, 6.45) is 3.54. The Morgan fingerprint density at radius 1 is 1.28 bits per heavy atom. The lowest BCUT2D eigenvalue weighted by Gasteiger charge is -2.34. The molecule has 0 spiro atoms. The molecule has 2 unspecified atom stereocenters. The lowest BCUT2D eigenvalue weighted by molar-refractivity contribution is -0.124. The van der Waals surface area contributed by atoms with Gasteiger partial charge < -0.3 is 5.32 Å². The van der Waals surface area contributed by atoms with Gasteiger partial charge in [-0.15, -0.1) is 0 Å². The van der Waals surface area contributed by atoms with Gasteiger partial charge >= 0.3 is 0 Å². The van der Waals surface area contributed by atoms with Crippen molar-refractivity contribution in [1.29, 1.82) is 0 Å². The standard InChI is InChI=1S/C18H27N3O3S/c1-14(20-11-9-15-6-3-4-7-16(15)13-20)12-19-18(22)17-8-5-10-21(17)25(2,23)24/h3-4,6-7,14,17H,5,8-13H2,1-2H3,(H,19,22). The molecule has 2 aliphatic rings. The molecular formula is C18H27N3O3S. The number of hydrogen-bond acceptors (Lipinski definition) is 4.